The summed E-state index contributed by atoms with van der Waals surface area (Å²) in [6, 6.07) is 15.6. The molecule has 0 saturated heterocycles. The molecule has 0 aliphatic heterocycles. The lowest BCUT2D eigenvalue weighted by atomic mass is 10.3. The summed E-state index contributed by atoms with van der Waals surface area (Å²) in [4.78, 5) is 2.29. The molecule has 6 N–H and O–H groups in total. The van der Waals surface area contributed by atoms with Gasteiger partial charge in [-0.15, -0.1) is 0 Å². The highest BCUT2D eigenvalue weighted by molar-refractivity contribution is 5.51. The standard InChI is InChI=1S/C17H25N5/c1-22(12-10-20-16-6-2-14(18)3-7-16)13-11-21-17-8-4-15(19)5-9-17/h2-9,20-21H,10-13,18-19H2,1H3. The molecule has 0 radical (unpaired) electrons. The lowest BCUT2D eigenvalue weighted by Crippen LogP contribution is -2.29. The highest BCUT2D eigenvalue weighted by Crippen LogP contribution is 2.10. The second-order valence-corrected chi connectivity index (χ2v) is 5.40. The number of rotatable bonds is 8. The number of nitrogen functional groups attached to an aromatic ring is 2. The molecule has 2 rings (SSSR count). The van der Waals surface area contributed by atoms with E-state index >= 15 is 0 Å². The summed E-state index contributed by atoms with van der Waals surface area (Å²) < 4.78 is 0. The van der Waals surface area contributed by atoms with Gasteiger partial charge in [-0.05, 0) is 55.6 Å². The zero-order chi connectivity index (χ0) is 15.8. The summed E-state index contributed by atoms with van der Waals surface area (Å²) in [5.74, 6) is 0. The first-order chi connectivity index (χ1) is 10.6. The molecule has 0 unspecified atom stereocenters. The fourth-order valence-electron chi connectivity index (χ4n) is 2.10. The van der Waals surface area contributed by atoms with Crippen LogP contribution in [0.5, 0.6) is 0 Å². The molecule has 0 heterocycles. The number of nitrogens with two attached hydrogens (primary N) is 2. The number of hydrogen-bond donors (Lipinski definition) is 4. The predicted molar refractivity (Wildman–Crippen MR) is 96.2 cm³/mol. The average molecular weight is 299 g/mol. The first-order valence-corrected chi connectivity index (χ1v) is 7.51. The van der Waals surface area contributed by atoms with Gasteiger partial charge in [-0.3, -0.25) is 0 Å². The Morgan fingerprint density at radius 1 is 0.727 bits per heavy atom. The Kier molecular flexibility index (Phi) is 5.91. The molecule has 0 saturated carbocycles. The highest BCUT2D eigenvalue weighted by Gasteiger charge is 1.99. The number of likely N-dealkylation sites (N-methyl/N-ethyl adjacent to an activating group) is 1. The number of benzene rings is 2. The van der Waals surface area contributed by atoms with Crippen LogP contribution in [-0.4, -0.2) is 38.1 Å². The molecule has 118 valence electrons. The van der Waals surface area contributed by atoms with Gasteiger partial charge in [0.05, 0.1) is 0 Å². The van der Waals surface area contributed by atoms with Gasteiger partial charge in [0.15, 0.2) is 0 Å². The van der Waals surface area contributed by atoms with E-state index in [-0.39, 0.29) is 0 Å². The van der Waals surface area contributed by atoms with Crippen molar-refractivity contribution in [2.24, 2.45) is 0 Å². The fraction of sp³-hybridized carbons (Fsp3) is 0.294. The van der Waals surface area contributed by atoms with Gasteiger partial charge in [-0.25, -0.2) is 0 Å². The minimum absolute atomic E-state index is 0.788. The van der Waals surface area contributed by atoms with E-state index < -0.39 is 0 Å². The molecule has 0 amide bonds. The van der Waals surface area contributed by atoms with Gasteiger partial charge in [-0.1, -0.05) is 0 Å². The van der Waals surface area contributed by atoms with Crippen LogP contribution in [0.3, 0.4) is 0 Å². The Bertz CT molecular complexity index is 499. The first kappa shape index (κ1) is 16.0. The van der Waals surface area contributed by atoms with Crippen LogP contribution in [-0.2, 0) is 0 Å². The average Bonchev–Trinajstić information content (AvgIpc) is 2.51. The van der Waals surface area contributed by atoms with E-state index in [9.17, 15) is 0 Å². The van der Waals surface area contributed by atoms with Crippen LogP contribution in [0.2, 0.25) is 0 Å². The van der Waals surface area contributed by atoms with E-state index in [4.69, 9.17) is 11.5 Å². The van der Waals surface area contributed by atoms with Gasteiger partial charge in [0.1, 0.15) is 0 Å². The topological polar surface area (TPSA) is 79.3 Å². The van der Waals surface area contributed by atoms with Gasteiger partial charge in [-0.2, -0.15) is 0 Å². The van der Waals surface area contributed by atoms with Crippen molar-refractivity contribution in [2.75, 3.05) is 55.3 Å². The van der Waals surface area contributed by atoms with Crippen LogP contribution in [0.4, 0.5) is 22.7 Å². The third-order valence-corrected chi connectivity index (χ3v) is 3.47. The second-order valence-electron chi connectivity index (χ2n) is 5.40. The maximum Gasteiger partial charge on any atom is 0.0342 e. The normalized spacial score (nSPS) is 10.6. The lowest BCUT2D eigenvalue weighted by Gasteiger charge is -2.18. The summed E-state index contributed by atoms with van der Waals surface area (Å²) >= 11 is 0. The SMILES string of the molecule is CN(CCNc1ccc(N)cc1)CCNc1ccc(N)cc1. The van der Waals surface area contributed by atoms with Crippen LogP contribution in [0.25, 0.3) is 0 Å². The van der Waals surface area contributed by atoms with Gasteiger partial charge >= 0.3 is 0 Å². The quantitative estimate of drug-likeness (QED) is 0.563. The van der Waals surface area contributed by atoms with Crippen molar-refractivity contribution in [1.82, 2.24) is 4.90 Å². The van der Waals surface area contributed by atoms with Crippen molar-refractivity contribution in [1.29, 1.82) is 0 Å². The number of anilines is 4. The zero-order valence-electron chi connectivity index (χ0n) is 13.0. The molecule has 0 spiro atoms. The van der Waals surface area contributed by atoms with Crippen molar-refractivity contribution in [3.8, 4) is 0 Å². The van der Waals surface area contributed by atoms with E-state index in [0.717, 1.165) is 48.9 Å². The summed E-state index contributed by atoms with van der Waals surface area (Å²) in [5, 5.41) is 6.77. The Morgan fingerprint density at radius 3 is 1.45 bits per heavy atom. The third kappa shape index (κ3) is 5.54. The fourth-order valence-corrected chi connectivity index (χ4v) is 2.10. The molecule has 0 bridgehead atoms. The van der Waals surface area contributed by atoms with E-state index in [1.54, 1.807) is 0 Å². The Labute approximate surface area is 132 Å². The lowest BCUT2D eigenvalue weighted by molar-refractivity contribution is 0.361. The molecule has 0 aliphatic carbocycles. The van der Waals surface area contributed by atoms with Gasteiger partial charge in [0.25, 0.3) is 0 Å². The van der Waals surface area contributed by atoms with Gasteiger partial charge in [0, 0.05) is 48.9 Å². The third-order valence-electron chi connectivity index (χ3n) is 3.47. The molecule has 22 heavy (non-hydrogen) atoms. The second kappa shape index (κ2) is 8.14. The van der Waals surface area contributed by atoms with Gasteiger partial charge in [0.2, 0.25) is 0 Å². The summed E-state index contributed by atoms with van der Waals surface area (Å²) in [6.07, 6.45) is 0. The first-order valence-electron chi connectivity index (χ1n) is 7.51. The van der Waals surface area contributed by atoms with E-state index in [2.05, 4.69) is 22.6 Å². The van der Waals surface area contributed by atoms with Crippen LogP contribution in [0.1, 0.15) is 0 Å². The summed E-state index contributed by atoms with van der Waals surface area (Å²) in [6.45, 7) is 3.77. The maximum atomic E-state index is 5.66. The molecule has 0 aliphatic rings. The molecular formula is C17H25N5. The number of hydrogen-bond acceptors (Lipinski definition) is 5. The van der Waals surface area contributed by atoms with Crippen LogP contribution in [0, 0.1) is 0 Å². The molecule has 0 fully saturated rings. The largest absolute Gasteiger partial charge is 0.399 e. The van der Waals surface area contributed by atoms with Crippen LogP contribution in [0.15, 0.2) is 48.5 Å². The smallest absolute Gasteiger partial charge is 0.0342 e. The highest BCUT2D eigenvalue weighted by atomic mass is 15.1. The number of nitrogens with one attached hydrogen (secondary N) is 2. The van der Waals surface area contributed by atoms with E-state index in [1.807, 2.05) is 48.5 Å². The maximum absolute atomic E-state index is 5.66. The Hall–Kier alpha value is -2.40. The Morgan fingerprint density at radius 2 is 1.09 bits per heavy atom. The number of nitrogens with zero attached hydrogens (tertiary/aromatic N) is 1. The van der Waals surface area contributed by atoms with E-state index in [1.165, 1.54) is 0 Å². The zero-order valence-corrected chi connectivity index (χ0v) is 13.0. The van der Waals surface area contributed by atoms with Crippen molar-refractivity contribution in [3.63, 3.8) is 0 Å². The van der Waals surface area contributed by atoms with Crippen molar-refractivity contribution >= 4 is 22.7 Å². The molecule has 5 nitrogen and oxygen atoms in total. The minimum atomic E-state index is 0.788. The van der Waals surface area contributed by atoms with E-state index in [0.29, 0.717) is 0 Å². The minimum Gasteiger partial charge on any atom is -0.399 e. The summed E-state index contributed by atoms with van der Waals surface area (Å²) in [7, 11) is 2.12. The molecule has 2 aromatic rings. The molecule has 0 aromatic heterocycles. The van der Waals surface area contributed by atoms with Crippen molar-refractivity contribution in [2.45, 2.75) is 0 Å². The van der Waals surface area contributed by atoms with Crippen LogP contribution < -0.4 is 22.1 Å². The molecule has 5 heteroatoms. The monoisotopic (exact) mass is 299 g/mol. The van der Waals surface area contributed by atoms with Crippen molar-refractivity contribution < 1.29 is 0 Å². The Balaban J connectivity index is 1.60. The molecule has 0 atom stereocenters. The molecule has 2 aromatic carbocycles. The van der Waals surface area contributed by atoms with Crippen molar-refractivity contribution in [3.05, 3.63) is 48.5 Å². The summed E-state index contributed by atoms with van der Waals surface area (Å²) in [5.41, 5.74) is 15.1. The predicted octanol–water partition coefficient (Wildman–Crippen LogP) is 2.31. The molecular weight excluding hydrogens is 274 g/mol. The van der Waals surface area contributed by atoms with Gasteiger partial charge < -0.3 is 27.0 Å². The van der Waals surface area contributed by atoms with Crippen LogP contribution >= 0.6 is 0 Å².